The van der Waals surface area contributed by atoms with E-state index in [4.69, 9.17) is 16.3 Å². The highest BCUT2D eigenvalue weighted by Gasteiger charge is 2.23. The summed E-state index contributed by atoms with van der Waals surface area (Å²) < 4.78 is 33.1. The number of hydrogen-bond donors (Lipinski definition) is 2. The van der Waals surface area contributed by atoms with Crippen LogP contribution in [0.15, 0.2) is 47.4 Å². The van der Waals surface area contributed by atoms with Gasteiger partial charge < -0.3 is 15.0 Å². The van der Waals surface area contributed by atoms with Gasteiger partial charge in [-0.25, -0.2) is 8.42 Å². The van der Waals surface area contributed by atoms with Crippen molar-refractivity contribution in [2.24, 2.45) is 0 Å². The monoisotopic (exact) mass is 381 g/mol. The highest BCUT2D eigenvalue weighted by atomic mass is 35.5. The predicted molar refractivity (Wildman–Crippen MR) is 100 cm³/mol. The molecule has 1 fully saturated rings. The Bertz CT molecular complexity index is 838. The van der Waals surface area contributed by atoms with Crippen molar-refractivity contribution in [3.63, 3.8) is 0 Å². The molecule has 25 heavy (non-hydrogen) atoms. The number of nitrogens with one attached hydrogen (secondary N) is 2. The molecule has 0 aromatic heterocycles. The third kappa shape index (κ3) is 3.84. The van der Waals surface area contributed by atoms with Gasteiger partial charge in [-0.05, 0) is 24.3 Å². The fourth-order valence-electron chi connectivity index (χ4n) is 2.78. The number of halogens is 1. The number of benzene rings is 2. The van der Waals surface area contributed by atoms with E-state index < -0.39 is 10.0 Å². The van der Waals surface area contributed by atoms with E-state index in [9.17, 15) is 8.42 Å². The molecule has 0 amide bonds. The van der Waals surface area contributed by atoms with Gasteiger partial charge in [-0.2, -0.15) is 0 Å². The van der Waals surface area contributed by atoms with E-state index in [0.29, 0.717) is 22.1 Å². The molecule has 1 aliphatic heterocycles. The van der Waals surface area contributed by atoms with Crippen LogP contribution >= 0.6 is 11.6 Å². The minimum Gasteiger partial charge on any atom is -0.495 e. The van der Waals surface area contributed by atoms with Crippen molar-refractivity contribution in [1.29, 1.82) is 0 Å². The first-order valence-corrected chi connectivity index (χ1v) is 9.79. The van der Waals surface area contributed by atoms with E-state index in [2.05, 4.69) is 14.9 Å². The summed E-state index contributed by atoms with van der Waals surface area (Å²) in [6, 6.07) is 11.5. The van der Waals surface area contributed by atoms with Gasteiger partial charge in [-0.3, -0.25) is 4.72 Å². The zero-order valence-corrected chi connectivity index (χ0v) is 15.4. The van der Waals surface area contributed by atoms with Gasteiger partial charge in [0.2, 0.25) is 0 Å². The Morgan fingerprint density at radius 2 is 1.80 bits per heavy atom. The van der Waals surface area contributed by atoms with Gasteiger partial charge in [0.15, 0.2) is 0 Å². The maximum atomic E-state index is 12.6. The van der Waals surface area contributed by atoms with Crippen molar-refractivity contribution in [3.05, 3.63) is 47.5 Å². The number of methoxy groups -OCH3 is 1. The number of piperazine rings is 1. The molecule has 0 saturated carbocycles. The maximum absolute atomic E-state index is 12.6. The molecule has 8 heteroatoms. The molecule has 0 bridgehead atoms. The fraction of sp³-hybridized carbons (Fsp3) is 0.294. The van der Waals surface area contributed by atoms with Gasteiger partial charge in [-0.1, -0.05) is 29.8 Å². The summed E-state index contributed by atoms with van der Waals surface area (Å²) >= 11 is 6.55. The van der Waals surface area contributed by atoms with Gasteiger partial charge in [-0.15, -0.1) is 0 Å². The fourth-order valence-corrected chi connectivity index (χ4v) is 4.25. The molecule has 134 valence electrons. The highest BCUT2D eigenvalue weighted by molar-refractivity contribution is 7.92. The Balaban J connectivity index is 1.97. The van der Waals surface area contributed by atoms with Crippen LogP contribution in [0.2, 0.25) is 5.02 Å². The molecule has 0 radical (unpaired) electrons. The normalized spacial score (nSPS) is 15.0. The van der Waals surface area contributed by atoms with E-state index >= 15 is 0 Å². The van der Waals surface area contributed by atoms with Crippen molar-refractivity contribution in [3.8, 4) is 5.75 Å². The molecule has 0 atom stereocenters. The number of nitrogens with zero attached hydrogens (tertiary/aromatic N) is 1. The van der Waals surface area contributed by atoms with Gasteiger partial charge in [0, 0.05) is 26.2 Å². The molecule has 3 rings (SSSR count). The zero-order valence-electron chi connectivity index (χ0n) is 13.8. The number of anilines is 2. The highest BCUT2D eigenvalue weighted by Crippen LogP contribution is 2.41. The van der Waals surface area contributed by atoms with Crippen LogP contribution in [0.1, 0.15) is 0 Å². The molecule has 6 nitrogen and oxygen atoms in total. The molecule has 1 aliphatic rings. The molecular formula is C17H20ClN3O3S. The summed E-state index contributed by atoms with van der Waals surface area (Å²) in [6.45, 7) is 3.20. The van der Waals surface area contributed by atoms with Crippen molar-refractivity contribution >= 4 is 33.0 Å². The molecular weight excluding hydrogens is 362 g/mol. The molecule has 2 N–H and O–H groups in total. The lowest BCUT2D eigenvalue weighted by Gasteiger charge is -2.31. The maximum Gasteiger partial charge on any atom is 0.261 e. The first kappa shape index (κ1) is 17.8. The smallest absolute Gasteiger partial charge is 0.261 e. The van der Waals surface area contributed by atoms with Gasteiger partial charge in [0.25, 0.3) is 10.0 Å². The van der Waals surface area contributed by atoms with Gasteiger partial charge in [0.05, 0.1) is 22.7 Å². The SMILES string of the molecule is COc1ccc(NS(=O)(=O)c2ccccc2)c(Cl)c1N1CCNCC1. The van der Waals surface area contributed by atoms with Crippen LogP contribution in [0.25, 0.3) is 0 Å². The van der Waals surface area contributed by atoms with Crippen LogP contribution in [0.5, 0.6) is 5.75 Å². The molecule has 2 aromatic rings. The summed E-state index contributed by atoms with van der Waals surface area (Å²) in [5, 5.41) is 3.61. The average molecular weight is 382 g/mol. The Morgan fingerprint density at radius 3 is 2.44 bits per heavy atom. The summed E-state index contributed by atoms with van der Waals surface area (Å²) in [5.74, 6) is 0.620. The number of ether oxygens (including phenoxy) is 1. The van der Waals surface area contributed by atoms with Crippen molar-refractivity contribution in [2.75, 3.05) is 42.9 Å². The summed E-state index contributed by atoms with van der Waals surface area (Å²) in [6.07, 6.45) is 0. The minimum absolute atomic E-state index is 0.186. The Morgan fingerprint density at radius 1 is 1.12 bits per heavy atom. The summed E-state index contributed by atoms with van der Waals surface area (Å²) in [4.78, 5) is 2.28. The van der Waals surface area contributed by atoms with E-state index in [0.717, 1.165) is 26.2 Å². The minimum atomic E-state index is -3.71. The van der Waals surface area contributed by atoms with Crippen molar-refractivity contribution < 1.29 is 13.2 Å². The van der Waals surface area contributed by atoms with Crippen LogP contribution < -0.4 is 19.7 Å². The van der Waals surface area contributed by atoms with Crippen LogP contribution in [0.3, 0.4) is 0 Å². The van der Waals surface area contributed by atoms with Gasteiger partial charge in [0.1, 0.15) is 11.4 Å². The Labute approximate surface area is 152 Å². The van der Waals surface area contributed by atoms with Crippen molar-refractivity contribution in [1.82, 2.24) is 5.32 Å². The van der Waals surface area contributed by atoms with Crippen LogP contribution in [0, 0.1) is 0 Å². The van der Waals surface area contributed by atoms with Gasteiger partial charge >= 0.3 is 0 Å². The Hall–Kier alpha value is -1.96. The molecule has 1 heterocycles. The van der Waals surface area contributed by atoms with Crippen molar-refractivity contribution in [2.45, 2.75) is 4.90 Å². The lowest BCUT2D eigenvalue weighted by Crippen LogP contribution is -2.43. The Kier molecular flexibility index (Phi) is 5.36. The van der Waals surface area contributed by atoms with Crippen LogP contribution in [0.4, 0.5) is 11.4 Å². The van der Waals surface area contributed by atoms with Crippen LogP contribution in [-0.4, -0.2) is 41.7 Å². The average Bonchev–Trinajstić information content (AvgIpc) is 2.64. The standard InChI is InChI=1S/C17H20ClN3O3S/c1-24-15-8-7-14(16(18)17(15)21-11-9-19-10-12-21)20-25(22,23)13-5-3-2-4-6-13/h2-8,19-20H,9-12H2,1H3. The van der Waals surface area contributed by atoms with E-state index in [-0.39, 0.29) is 4.90 Å². The second-order valence-corrected chi connectivity index (χ2v) is 7.69. The van der Waals surface area contributed by atoms with E-state index in [1.54, 1.807) is 37.4 Å². The zero-order chi connectivity index (χ0) is 17.9. The number of sulfonamides is 1. The lowest BCUT2D eigenvalue weighted by atomic mass is 10.2. The topological polar surface area (TPSA) is 70.7 Å². The molecule has 2 aromatic carbocycles. The lowest BCUT2D eigenvalue weighted by molar-refractivity contribution is 0.413. The first-order valence-electron chi connectivity index (χ1n) is 7.93. The molecule has 0 spiro atoms. The predicted octanol–water partition coefficient (Wildman–Crippen LogP) is 2.56. The molecule has 0 aliphatic carbocycles. The molecule has 0 unspecified atom stereocenters. The second kappa shape index (κ2) is 7.51. The number of hydrogen-bond acceptors (Lipinski definition) is 5. The third-order valence-electron chi connectivity index (χ3n) is 4.03. The van der Waals surface area contributed by atoms with E-state index in [1.807, 2.05) is 0 Å². The summed E-state index contributed by atoms with van der Waals surface area (Å²) in [7, 11) is -2.13. The quantitative estimate of drug-likeness (QED) is 0.832. The number of rotatable bonds is 5. The van der Waals surface area contributed by atoms with E-state index in [1.165, 1.54) is 12.1 Å². The third-order valence-corrected chi connectivity index (χ3v) is 5.79. The summed E-state index contributed by atoms with van der Waals surface area (Å²) in [5.41, 5.74) is 1.04. The largest absolute Gasteiger partial charge is 0.495 e. The first-order chi connectivity index (χ1) is 12.0. The van der Waals surface area contributed by atoms with Crippen LogP contribution in [-0.2, 0) is 10.0 Å². The molecule has 1 saturated heterocycles. The second-order valence-electron chi connectivity index (χ2n) is 5.63.